The molecule has 8 heteroatoms. The number of benzene rings is 2. The summed E-state index contributed by atoms with van der Waals surface area (Å²) in [6, 6.07) is 17.9. The van der Waals surface area contributed by atoms with Crippen LogP contribution in [0, 0.1) is 12.7 Å². The zero-order chi connectivity index (χ0) is 24.2. The van der Waals surface area contributed by atoms with Crippen LogP contribution in [0.25, 0.3) is 22.3 Å². The van der Waals surface area contributed by atoms with Crippen LogP contribution >= 0.6 is 0 Å². The lowest BCUT2D eigenvalue weighted by Gasteiger charge is -2.10. The molecule has 0 saturated heterocycles. The fourth-order valence-electron chi connectivity index (χ4n) is 4.12. The van der Waals surface area contributed by atoms with Crippen molar-refractivity contribution in [3.8, 4) is 11.3 Å². The van der Waals surface area contributed by atoms with E-state index in [2.05, 4.69) is 20.6 Å². The second kappa shape index (κ2) is 9.89. The lowest BCUT2D eigenvalue weighted by atomic mass is 10.1. The molecule has 0 saturated carbocycles. The summed E-state index contributed by atoms with van der Waals surface area (Å²) in [6.07, 6.45) is 5.10. The minimum absolute atomic E-state index is 0.177. The first-order chi connectivity index (χ1) is 17.1. The van der Waals surface area contributed by atoms with Gasteiger partial charge in [0.25, 0.3) is 5.91 Å². The molecule has 0 atom stereocenters. The lowest BCUT2D eigenvalue weighted by molar-refractivity contribution is 0.0955. The summed E-state index contributed by atoms with van der Waals surface area (Å²) < 4.78 is 15.4. The Morgan fingerprint density at radius 1 is 1.09 bits per heavy atom. The molecule has 2 N–H and O–H groups in total. The monoisotopic (exact) mass is 468 g/mol. The van der Waals surface area contributed by atoms with Gasteiger partial charge in [0.05, 0.1) is 35.6 Å². The molecule has 0 radical (unpaired) electrons. The summed E-state index contributed by atoms with van der Waals surface area (Å²) >= 11 is 0. The Hall–Kier alpha value is -4.33. The average molecular weight is 469 g/mol. The molecule has 3 aromatic heterocycles. The van der Waals surface area contributed by atoms with Gasteiger partial charge >= 0.3 is 0 Å². The summed E-state index contributed by atoms with van der Waals surface area (Å²) in [5.74, 6) is -0.480. The number of amides is 1. The number of aromatic amines is 1. The van der Waals surface area contributed by atoms with Crippen LogP contribution in [0.5, 0.6) is 0 Å². The van der Waals surface area contributed by atoms with Gasteiger partial charge in [0, 0.05) is 17.8 Å². The van der Waals surface area contributed by atoms with Crippen molar-refractivity contribution < 1.29 is 9.18 Å². The Morgan fingerprint density at radius 2 is 1.94 bits per heavy atom. The number of hydrogen-bond donors (Lipinski definition) is 2. The molecular weight excluding hydrogens is 443 g/mol. The number of pyridine rings is 1. The summed E-state index contributed by atoms with van der Waals surface area (Å²) in [7, 11) is 0. The van der Waals surface area contributed by atoms with Crippen molar-refractivity contribution in [2.24, 2.45) is 0 Å². The van der Waals surface area contributed by atoms with Gasteiger partial charge in [-0.2, -0.15) is 10.2 Å². The van der Waals surface area contributed by atoms with E-state index in [1.807, 2.05) is 49.5 Å². The van der Waals surface area contributed by atoms with Crippen molar-refractivity contribution in [3.05, 3.63) is 101 Å². The molecule has 5 rings (SSSR count). The number of aryl methyl sites for hydroxylation is 2. The van der Waals surface area contributed by atoms with Crippen molar-refractivity contribution in [2.75, 3.05) is 6.54 Å². The van der Waals surface area contributed by atoms with E-state index in [0.717, 1.165) is 35.2 Å². The van der Waals surface area contributed by atoms with Gasteiger partial charge in [-0.15, -0.1) is 0 Å². The van der Waals surface area contributed by atoms with Crippen LogP contribution in [0.4, 0.5) is 4.39 Å². The number of nitrogens with one attached hydrogen (secondary N) is 2. The normalized spacial score (nSPS) is 11.1. The predicted molar refractivity (Wildman–Crippen MR) is 132 cm³/mol. The lowest BCUT2D eigenvalue weighted by Crippen LogP contribution is -2.25. The van der Waals surface area contributed by atoms with E-state index in [4.69, 9.17) is 4.98 Å². The average Bonchev–Trinajstić information content (AvgIpc) is 3.47. The number of H-pyrrole nitrogens is 1. The first-order valence-corrected chi connectivity index (χ1v) is 11.5. The van der Waals surface area contributed by atoms with Crippen molar-refractivity contribution in [3.63, 3.8) is 0 Å². The molecule has 176 valence electrons. The highest BCUT2D eigenvalue weighted by Gasteiger charge is 2.18. The van der Waals surface area contributed by atoms with Gasteiger partial charge in [-0.05, 0) is 49.1 Å². The van der Waals surface area contributed by atoms with Crippen LogP contribution in [0.15, 0.2) is 73.1 Å². The van der Waals surface area contributed by atoms with E-state index in [1.54, 1.807) is 23.0 Å². The van der Waals surface area contributed by atoms with Crippen LogP contribution in [0.1, 0.15) is 33.6 Å². The largest absolute Gasteiger partial charge is 0.352 e. The van der Waals surface area contributed by atoms with E-state index < -0.39 is 0 Å². The minimum atomic E-state index is -0.303. The number of nitrogens with zero attached hydrogens (tertiary/aromatic N) is 4. The number of carbonyl (C=O) groups is 1. The number of halogens is 1. The topological polar surface area (TPSA) is 88.5 Å². The van der Waals surface area contributed by atoms with Gasteiger partial charge < -0.3 is 5.32 Å². The highest BCUT2D eigenvalue weighted by atomic mass is 19.1. The highest BCUT2D eigenvalue weighted by molar-refractivity contribution is 6.06. The van der Waals surface area contributed by atoms with Crippen molar-refractivity contribution in [1.82, 2.24) is 30.3 Å². The Labute approximate surface area is 202 Å². The van der Waals surface area contributed by atoms with Crippen molar-refractivity contribution in [2.45, 2.75) is 26.3 Å². The third-order valence-corrected chi connectivity index (χ3v) is 5.99. The zero-order valence-corrected chi connectivity index (χ0v) is 19.3. The summed E-state index contributed by atoms with van der Waals surface area (Å²) in [6.45, 7) is 2.87. The Balaban J connectivity index is 1.44. The molecule has 0 spiro atoms. The number of fused-ring (bicyclic) bond motifs is 1. The molecular formula is C27H25FN6O. The molecule has 0 aliphatic rings. The van der Waals surface area contributed by atoms with E-state index in [9.17, 15) is 9.18 Å². The quantitative estimate of drug-likeness (QED) is 0.324. The molecule has 7 nitrogen and oxygen atoms in total. The van der Waals surface area contributed by atoms with Crippen LogP contribution < -0.4 is 5.32 Å². The van der Waals surface area contributed by atoms with Crippen LogP contribution in [0.2, 0.25) is 0 Å². The van der Waals surface area contributed by atoms with E-state index in [-0.39, 0.29) is 11.7 Å². The first-order valence-electron chi connectivity index (χ1n) is 11.5. The molecule has 0 unspecified atom stereocenters. The first kappa shape index (κ1) is 22.5. The maximum absolute atomic E-state index is 13.7. The second-order valence-corrected chi connectivity index (χ2v) is 8.47. The molecule has 0 fully saturated rings. The predicted octanol–water partition coefficient (Wildman–Crippen LogP) is 4.68. The summed E-state index contributed by atoms with van der Waals surface area (Å²) in [4.78, 5) is 18.1. The smallest absolute Gasteiger partial charge is 0.252 e. The molecule has 0 aliphatic heterocycles. The SMILES string of the molecule is Cc1[nH]ncc1CCCNC(=O)c1cc(-c2ccccc2)nc2c1cnn2Cc1cccc(F)c1. The van der Waals surface area contributed by atoms with Gasteiger partial charge in [-0.3, -0.25) is 9.89 Å². The van der Waals surface area contributed by atoms with E-state index in [1.165, 1.54) is 12.1 Å². The number of rotatable bonds is 8. The standard InChI is InChI=1S/C27H25FN6O/c1-18-21(15-30-33-18)10-6-12-29-27(35)23-14-25(20-8-3-2-4-9-20)32-26-24(23)16-31-34(26)17-19-7-5-11-22(28)13-19/h2-5,7-9,11,13-16H,6,10,12,17H2,1H3,(H,29,35)(H,30,33). The van der Waals surface area contributed by atoms with Crippen molar-refractivity contribution in [1.29, 1.82) is 0 Å². The van der Waals surface area contributed by atoms with Gasteiger partial charge in [0.1, 0.15) is 5.82 Å². The van der Waals surface area contributed by atoms with E-state index >= 15 is 0 Å². The number of carbonyl (C=O) groups excluding carboxylic acids is 1. The zero-order valence-electron chi connectivity index (χ0n) is 19.3. The third kappa shape index (κ3) is 4.96. The second-order valence-electron chi connectivity index (χ2n) is 8.47. The maximum atomic E-state index is 13.7. The fraction of sp³-hybridized carbons (Fsp3) is 0.185. The van der Waals surface area contributed by atoms with Gasteiger partial charge in [0.2, 0.25) is 0 Å². The third-order valence-electron chi connectivity index (χ3n) is 5.99. The number of aromatic nitrogens is 5. The Bertz CT molecular complexity index is 1470. The molecule has 0 aliphatic carbocycles. The van der Waals surface area contributed by atoms with Gasteiger partial charge in [0.15, 0.2) is 5.65 Å². The van der Waals surface area contributed by atoms with Gasteiger partial charge in [-0.25, -0.2) is 14.1 Å². The molecule has 35 heavy (non-hydrogen) atoms. The summed E-state index contributed by atoms with van der Waals surface area (Å²) in [5.41, 5.74) is 5.63. The van der Waals surface area contributed by atoms with Crippen LogP contribution in [-0.2, 0) is 13.0 Å². The van der Waals surface area contributed by atoms with Gasteiger partial charge in [-0.1, -0.05) is 42.5 Å². The molecule has 0 bridgehead atoms. The summed E-state index contributed by atoms with van der Waals surface area (Å²) in [5, 5.41) is 15.1. The van der Waals surface area contributed by atoms with Crippen LogP contribution in [-0.4, -0.2) is 37.4 Å². The molecule has 2 aromatic carbocycles. The highest BCUT2D eigenvalue weighted by Crippen LogP contribution is 2.25. The van der Waals surface area contributed by atoms with E-state index in [0.29, 0.717) is 35.4 Å². The maximum Gasteiger partial charge on any atom is 0.252 e. The van der Waals surface area contributed by atoms with Crippen LogP contribution in [0.3, 0.4) is 0 Å². The fourth-order valence-corrected chi connectivity index (χ4v) is 4.12. The number of hydrogen-bond acceptors (Lipinski definition) is 4. The Morgan fingerprint density at radius 3 is 2.71 bits per heavy atom. The minimum Gasteiger partial charge on any atom is -0.352 e. The van der Waals surface area contributed by atoms with Crippen molar-refractivity contribution >= 4 is 16.9 Å². The molecule has 1 amide bonds. The molecule has 3 heterocycles. The Kier molecular flexibility index (Phi) is 6.34. The molecule has 5 aromatic rings.